The van der Waals surface area contributed by atoms with Crippen LogP contribution in [0, 0.1) is 11.2 Å². The first-order valence-corrected chi connectivity index (χ1v) is 7.56. The molecule has 1 aromatic rings. The highest BCUT2D eigenvalue weighted by atomic mass is 32.2. The number of halogens is 1. The van der Waals surface area contributed by atoms with Gasteiger partial charge in [-0.2, -0.15) is 4.72 Å². The number of carbonyl (C=O) groups is 1. The van der Waals surface area contributed by atoms with Gasteiger partial charge in [0.1, 0.15) is 6.04 Å². The van der Waals surface area contributed by atoms with Gasteiger partial charge in [0.05, 0.1) is 12.0 Å². The zero-order chi connectivity index (χ0) is 16.4. The molecule has 0 saturated heterocycles. The highest BCUT2D eigenvalue weighted by Crippen LogP contribution is 2.24. The van der Waals surface area contributed by atoms with Crippen molar-refractivity contribution in [1.29, 1.82) is 0 Å². The maximum atomic E-state index is 13.6. The molecule has 0 fully saturated rings. The number of hydrogen-bond acceptors (Lipinski definition) is 4. The van der Waals surface area contributed by atoms with Crippen LogP contribution in [0.5, 0.6) is 5.75 Å². The molecule has 0 saturated carbocycles. The minimum Gasteiger partial charge on any atom is -0.494 e. The summed E-state index contributed by atoms with van der Waals surface area (Å²) in [5.74, 6) is -2.25. The Morgan fingerprint density at radius 2 is 1.95 bits per heavy atom. The van der Waals surface area contributed by atoms with Crippen LogP contribution in [0.15, 0.2) is 23.1 Å². The second-order valence-corrected chi connectivity index (χ2v) is 7.27. The van der Waals surface area contributed by atoms with E-state index in [2.05, 4.69) is 4.72 Å². The van der Waals surface area contributed by atoms with Gasteiger partial charge in [0.2, 0.25) is 10.0 Å². The quantitative estimate of drug-likeness (QED) is 0.860. The van der Waals surface area contributed by atoms with Crippen LogP contribution >= 0.6 is 0 Å². The molecule has 0 aliphatic heterocycles. The molecule has 0 aliphatic rings. The van der Waals surface area contributed by atoms with E-state index < -0.39 is 33.3 Å². The molecule has 2 N–H and O–H groups in total. The third-order valence-corrected chi connectivity index (χ3v) is 4.24. The first-order valence-electron chi connectivity index (χ1n) is 6.07. The molecule has 0 radical (unpaired) electrons. The Bertz CT molecular complexity index is 636. The Morgan fingerprint density at radius 3 is 2.33 bits per heavy atom. The third-order valence-electron chi connectivity index (χ3n) is 2.82. The molecule has 0 bridgehead atoms. The van der Waals surface area contributed by atoms with Gasteiger partial charge in [-0.3, -0.25) is 4.79 Å². The molecule has 1 rings (SSSR count). The number of nitrogens with one attached hydrogen (secondary N) is 1. The van der Waals surface area contributed by atoms with Gasteiger partial charge >= 0.3 is 5.97 Å². The minimum atomic E-state index is -4.16. The van der Waals surface area contributed by atoms with E-state index in [0.717, 1.165) is 18.2 Å². The van der Waals surface area contributed by atoms with E-state index in [-0.39, 0.29) is 10.6 Å². The molecule has 0 spiro atoms. The van der Waals surface area contributed by atoms with E-state index >= 15 is 0 Å². The average molecular weight is 319 g/mol. The number of benzene rings is 1. The number of methoxy groups -OCH3 is 1. The molecule has 0 aromatic heterocycles. The lowest BCUT2D eigenvalue weighted by Crippen LogP contribution is -2.48. The molecule has 21 heavy (non-hydrogen) atoms. The van der Waals surface area contributed by atoms with Gasteiger partial charge in [-0.25, -0.2) is 12.8 Å². The molecule has 118 valence electrons. The molecular formula is C13H18FNO5S. The Kier molecular flexibility index (Phi) is 4.95. The van der Waals surface area contributed by atoms with Crippen molar-refractivity contribution in [3.63, 3.8) is 0 Å². The highest BCUT2D eigenvalue weighted by Gasteiger charge is 2.35. The summed E-state index contributed by atoms with van der Waals surface area (Å²) in [5, 5.41) is 9.13. The fourth-order valence-corrected chi connectivity index (χ4v) is 3.04. The lowest BCUT2D eigenvalue weighted by atomic mass is 9.88. The molecule has 1 atom stereocenters. The number of ether oxygens (including phenoxy) is 1. The van der Waals surface area contributed by atoms with Crippen LogP contribution < -0.4 is 9.46 Å². The monoisotopic (exact) mass is 319 g/mol. The number of sulfonamides is 1. The molecule has 6 nitrogen and oxygen atoms in total. The van der Waals surface area contributed by atoms with Crippen LogP contribution in [0.1, 0.15) is 20.8 Å². The van der Waals surface area contributed by atoms with E-state index in [9.17, 15) is 17.6 Å². The topological polar surface area (TPSA) is 92.7 Å². The first-order chi connectivity index (χ1) is 9.49. The number of aliphatic carboxylic acids is 1. The van der Waals surface area contributed by atoms with Gasteiger partial charge in [0, 0.05) is 0 Å². The second kappa shape index (κ2) is 5.98. The SMILES string of the molecule is COc1ccc(S(=O)(=O)N[C@@H](C(=O)O)C(C)(C)C)cc1F. The predicted molar refractivity (Wildman–Crippen MR) is 74.2 cm³/mol. The molecule has 0 heterocycles. The third kappa shape index (κ3) is 4.15. The molecule has 0 unspecified atom stereocenters. The second-order valence-electron chi connectivity index (χ2n) is 5.55. The summed E-state index contributed by atoms with van der Waals surface area (Å²) in [6, 6.07) is 1.75. The summed E-state index contributed by atoms with van der Waals surface area (Å²) in [6.45, 7) is 4.76. The molecule has 1 aromatic carbocycles. The first kappa shape index (κ1) is 17.4. The van der Waals surface area contributed by atoms with E-state index in [4.69, 9.17) is 9.84 Å². The van der Waals surface area contributed by atoms with Crippen LogP contribution in [0.3, 0.4) is 0 Å². The van der Waals surface area contributed by atoms with Crippen LogP contribution in [0.25, 0.3) is 0 Å². The van der Waals surface area contributed by atoms with E-state index in [1.54, 1.807) is 20.8 Å². The van der Waals surface area contributed by atoms with Crippen molar-refractivity contribution in [2.45, 2.75) is 31.7 Å². The van der Waals surface area contributed by atoms with Crippen LogP contribution in [-0.2, 0) is 14.8 Å². The van der Waals surface area contributed by atoms with Crippen molar-refractivity contribution < 1.29 is 27.4 Å². The minimum absolute atomic E-state index is 0.0976. The van der Waals surface area contributed by atoms with Crippen LogP contribution in [0.4, 0.5) is 4.39 Å². The Labute approximate surface area is 123 Å². The standard InChI is InChI=1S/C13H18FNO5S/c1-13(2,3)11(12(16)17)15-21(18,19)8-5-6-10(20-4)9(14)7-8/h5-7,11,15H,1-4H3,(H,16,17)/t11-/m0/s1. The van der Waals surface area contributed by atoms with Crippen molar-refractivity contribution in [3.05, 3.63) is 24.0 Å². The zero-order valence-electron chi connectivity index (χ0n) is 12.2. The lowest BCUT2D eigenvalue weighted by Gasteiger charge is -2.27. The fourth-order valence-electron chi connectivity index (χ4n) is 1.64. The maximum Gasteiger partial charge on any atom is 0.322 e. The number of carboxylic acid groups (broad SMARTS) is 1. The van der Waals surface area contributed by atoms with Crippen LogP contribution in [0.2, 0.25) is 0 Å². The molecule has 0 aliphatic carbocycles. The summed E-state index contributed by atoms with van der Waals surface area (Å²) < 4.78 is 44.7. The van der Waals surface area contributed by atoms with Crippen molar-refractivity contribution >= 4 is 16.0 Å². The predicted octanol–water partition coefficient (Wildman–Crippen LogP) is 1.61. The van der Waals surface area contributed by atoms with Gasteiger partial charge in [0.25, 0.3) is 0 Å². The summed E-state index contributed by atoms with van der Waals surface area (Å²) in [5.41, 5.74) is -0.843. The molecule has 0 amide bonds. The Morgan fingerprint density at radius 1 is 1.38 bits per heavy atom. The summed E-state index contributed by atoms with van der Waals surface area (Å²) in [6.07, 6.45) is 0. The smallest absolute Gasteiger partial charge is 0.322 e. The lowest BCUT2D eigenvalue weighted by molar-refractivity contribution is -0.141. The maximum absolute atomic E-state index is 13.6. The van der Waals surface area contributed by atoms with Gasteiger partial charge in [0.15, 0.2) is 11.6 Å². The molecule has 8 heteroatoms. The van der Waals surface area contributed by atoms with Gasteiger partial charge in [-0.1, -0.05) is 20.8 Å². The van der Waals surface area contributed by atoms with E-state index in [1.807, 2.05) is 0 Å². The van der Waals surface area contributed by atoms with Crippen LogP contribution in [-0.4, -0.2) is 32.6 Å². The highest BCUT2D eigenvalue weighted by molar-refractivity contribution is 7.89. The van der Waals surface area contributed by atoms with Gasteiger partial charge < -0.3 is 9.84 Å². The van der Waals surface area contributed by atoms with Gasteiger partial charge in [-0.05, 0) is 23.6 Å². The van der Waals surface area contributed by atoms with Crippen molar-refractivity contribution in [2.75, 3.05) is 7.11 Å². The fraction of sp³-hybridized carbons (Fsp3) is 0.462. The van der Waals surface area contributed by atoms with Gasteiger partial charge in [-0.15, -0.1) is 0 Å². The number of carboxylic acids is 1. The van der Waals surface area contributed by atoms with Crippen molar-refractivity contribution in [2.24, 2.45) is 5.41 Å². The largest absolute Gasteiger partial charge is 0.494 e. The normalized spacial score (nSPS) is 13.8. The Hall–Kier alpha value is -1.67. The van der Waals surface area contributed by atoms with E-state index in [1.165, 1.54) is 7.11 Å². The number of rotatable bonds is 5. The zero-order valence-corrected chi connectivity index (χ0v) is 13.0. The van der Waals surface area contributed by atoms with Crippen molar-refractivity contribution in [1.82, 2.24) is 4.72 Å². The number of hydrogen-bond donors (Lipinski definition) is 2. The average Bonchev–Trinajstić information content (AvgIpc) is 2.34. The summed E-state index contributed by atoms with van der Waals surface area (Å²) >= 11 is 0. The molecular weight excluding hydrogens is 301 g/mol. The summed E-state index contributed by atoms with van der Waals surface area (Å²) in [4.78, 5) is 10.8. The van der Waals surface area contributed by atoms with Crippen molar-refractivity contribution in [3.8, 4) is 5.75 Å². The summed E-state index contributed by atoms with van der Waals surface area (Å²) in [7, 11) is -2.91. The Balaban J connectivity index is 3.17. The van der Waals surface area contributed by atoms with E-state index in [0.29, 0.717) is 0 Å².